The Morgan fingerprint density at radius 1 is 1.23 bits per heavy atom. The maximum Gasteiger partial charge on any atom is 0.306 e. The van der Waals surface area contributed by atoms with Gasteiger partial charge in [-0.1, -0.05) is 0 Å². The quantitative estimate of drug-likeness (QED) is 0.752. The van der Waals surface area contributed by atoms with E-state index >= 15 is 0 Å². The number of ether oxygens (including phenoxy) is 2. The lowest BCUT2D eigenvalue weighted by molar-refractivity contribution is -0.142. The van der Waals surface area contributed by atoms with E-state index in [1.807, 2.05) is 23.1 Å². The number of nitrogens with two attached hydrogens (primary N) is 1. The van der Waals surface area contributed by atoms with Crippen molar-refractivity contribution >= 4 is 29.0 Å². The molecule has 4 N–H and O–H groups in total. The van der Waals surface area contributed by atoms with Crippen LogP contribution < -0.4 is 25.4 Å². The monoisotopic (exact) mass is 357 g/mol. The fraction of sp³-hybridized carbons (Fsp3) is 0.353. The summed E-state index contributed by atoms with van der Waals surface area (Å²) in [4.78, 5) is 21.6. The van der Waals surface area contributed by atoms with Crippen molar-refractivity contribution in [1.29, 1.82) is 0 Å². The van der Waals surface area contributed by atoms with Gasteiger partial charge in [0, 0.05) is 24.8 Å². The van der Waals surface area contributed by atoms with E-state index in [0.717, 1.165) is 5.69 Å². The highest BCUT2D eigenvalue weighted by molar-refractivity contribution is 5.79. The third-order valence-corrected chi connectivity index (χ3v) is 4.64. The van der Waals surface area contributed by atoms with Gasteiger partial charge in [0.1, 0.15) is 12.0 Å². The first-order valence-electron chi connectivity index (χ1n) is 8.36. The fourth-order valence-electron chi connectivity index (χ4n) is 3.19. The molecule has 4 rings (SSSR count). The molecule has 3 heterocycles. The number of carboxylic acid groups (broad SMARTS) is 1. The molecule has 26 heavy (non-hydrogen) atoms. The van der Waals surface area contributed by atoms with Crippen molar-refractivity contribution < 1.29 is 19.4 Å². The van der Waals surface area contributed by atoms with Gasteiger partial charge in [-0.2, -0.15) is 0 Å². The number of nitrogen functional groups attached to an aromatic ring is 1. The number of nitrogens with zero attached hydrogens (tertiary/aromatic N) is 3. The van der Waals surface area contributed by atoms with Crippen molar-refractivity contribution in [2.45, 2.75) is 12.8 Å². The van der Waals surface area contributed by atoms with Gasteiger partial charge in [-0.25, -0.2) is 9.97 Å². The Morgan fingerprint density at radius 2 is 2.00 bits per heavy atom. The Labute approximate surface area is 149 Å². The zero-order chi connectivity index (χ0) is 18.1. The summed E-state index contributed by atoms with van der Waals surface area (Å²) in [5.41, 5.74) is 7.47. The first-order valence-corrected chi connectivity index (χ1v) is 8.36. The van der Waals surface area contributed by atoms with Crippen molar-refractivity contribution in [2.24, 2.45) is 5.92 Å². The average molecular weight is 357 g/mol. The molecule has 1 aromatic carbocycles. The summed E-state index contributed by atoms with van der Waals surface area (Å²) in [7, 11) is 0. The van der Waals surface area contributed by atoms with Crippen LogP contribution in [-0.4, -0.2) is 40.9 Å². The van der Waals surface area contributed by atoms with E-state index in [1.165, 1.54) is 6.33 Å². The first-order chi connectivity index (χ1) is 12.6. The number of hydrogen-bond donors (Lipinski definition) is 3. The number of aromatic nitrogens is 2. The molecule has 0 bridgehead atoms. The average Bonchev–Trinajstić information content (AvgIpc) is 3.11. The molecule has 0 aliphatic carbocycles. The molecule has 0 radical (unpaired) electrons. The van der Waals surface area contributed by atoms with Crippen LogP contribution >= 0.6 is 0 Å². The minimum atomic E-state index is -0.745. The van der Waals surface area contributed by atoms with Crippen LogP contribution in [0.25, 0.3) is 0 Å². The van der Waals surface area contributed by atoms with Gasteiger partial charge in [0.2, 0.25) is 6.79 Å². The molecular formula is C17H19N5O4. The Hall–Kier alpha value is -3.23. The van der Waals surface area contributed by atoms with Crippen molar-refractivity contribution in [3.05, 3.63) is 24.5 Å². The molecule has 136 valence electrons. The smallest absolute Gasteiger partial charge is 0.306 e. The largest absolute Gasteiger partial charge is 0.481 e. The molecule has 9 heteroatoms. The number of fused-ring (bicyclic) bond motifs is 1. The molecule has 0 unspecified atom stereocenters. The van der Waals surface area contributed by atoms with Crippen LogP contribution in [0.5, 0.6) is 11.5 Å². The van der Waals surface area contributed by atoms with Gasteiger partial charge in [-0.3, -0.25) is 4.79 Å². The number of aliphatic carboxylic acids is 1. The Balaban J connectivity index is 1.52. The summed E-state index contributed by atoms with van der Waals surface area (Å²) < 4.78 is 10.7. The molecule has 0 atom stereocenters. The predicted molar refractivity (Wildman–Crippen MR) is 94.9 cm³/mol. The van der Waals surface area contributed by atoms with Crippen LogP contribution in [0, 0.1) is 5.92 Å². The lowest BCUT2D eigenvalue weighted by Gasteiger charge is -2.31. The first kappa shape index (κ1) is 16.2. The van der Waals surface area contributed by atoms with Gasteiger partial charge < -0.3 is 30.5 Å². The van der Waals surface area contributed by atoms with Gasteiger partial charge in [0.05, 0.1) is 5.92 Å². The highest BCUT2D eigenvalue weighted by Crippen LogP contribution is 2.36. The number of rotatable bonds is 4. The van der Waals surface area contributed by atoms with E-state index in [1.54, 1.807) is 0 Å². The number of anilines is 4. The molecule has 2 aromatic rings. The molecule has 0 saturated carbocycles. The van der Waals surface area contributed by atoms with E-state index in [2.05, 4.69) is 15.3 Å². The van der Waals surface area contributed by atoms with Crippen LogP contribution in [0.15, 0.2) is 24.5 Å². The molecule has 2 aliphatic rings. The lowest BCUT2D eigenvalue weighted by atomic mass is 9.97. The van der Waals surface area contributed by atoms with Crippen LogP contribution in [0.3, 0.4) is 0 Å². The minimum absolute atomic E-state index is 0.213. The summed E-state index contributed by atoms with van der Waals surface area (Å²) in [6.07, 6.45) is 2.59. The zero-order valence-electron chi connectivity index (χ0n) is 14.0. The van der Waals surface area contributed by atoms with Crippen LogP contribution in [0.4, 0.5) is 23.0 Å². The molecule has 0 spiro atoms. The molecule has 1 saturated heterocycles. The topological polar surface area (TPSA) is 123 Å². The summed E-state index contributed by atoms with van der Waals surface area (Å²) in [6, 6.07) is 5.49. The second kappa shape index (κ2) is 6.58. The third-order valence-electron chi connectivity index (χ3n) is 4.64. The number of carbonyl (C=O) groups is 1. The van der Waals surface area contributed by atoms with Crippen LogP contribution in [0.1, 0.15) is 12.8 Å². The molecule has 1 fully saturated rings. The maximum atomic E-state index is 11.1. The zero-order valence-corrected chi connectivity index (χ0v) is 14.0. The predicted octanol–water partition coefficient (Wildman–Crippen LogP) is 1.83. The second-order valence-electron chi connectivity index (χ2n) is 6.25. The van der Waals surface area contributed by atoms with E-state index in [0.29, 0.717) is 54.8 Å². The van der Waals surface area contributed by atoms with Crippen molar-refractivity contribution in [3.8, 4) is 11.5 Å². The second-order valence-corrected chi connectivity index (χ2v) is 6.25. The van der Waals surface area contributed by atoms with Gasteiger partial charge in [-0.15, -0.1) is 0 Å². The standard InChI is InChI=1S/C17H19N5O4/c18-14-15(21-11-1-2-12-13(7-11)26-9-25-12)19-8-20-16(14)22-5-3-10(4-6-22)17(23)24/h1-2,7-8,10H,3-6,9,18H2,(H,23,24)(H,19,20,21). The SMILES string of the molecule is Nc1c(Nc2ccc3c(c2)OCO3)ncnc1N1CCC(C(=O)O)CC1. The fourth-order valence-corrected chi connectivity index (χ4v) is 3.19. The molecule has 1 aromatic heterocycles. The summed E-state index contributed by atoms with van der Waals surface area (Å²) in [5.74, 6) is 1.43. The minimum Gasteiger partial charge on any atom is -0.481 e. The maximum absolute atomic E-state index is 11.1. The van der Waals surface area contributed by atoms with E-state index in [4.69, 9.17) is 20.3 Å². The van der Waals surface area contributed by atoms with Crippen molar-refractivity contribution in [3.63, 3.8) is 0 Å². The molecule has 2 aliphatic heterocycles. The van der Waals surface area contributed by atoms with Gasteiger partial charge in [-0.05, 0) is 25.0 Å². The number of nitrogens with one attached hydrogen (secondary N) is 1. The highest BCUT2D eigenvalue weighted by atomic mass is 16.7. The third kappa shape index (κ3) is 3.03. The Morgan fingerprint density at radius 3 is 2.77 bits per heavy atom. The molecule has 9 nitrogen and oxygen atoms in total. The summed E-state index contributed by atoms with van der Waals surface area (Å²) in [6.45, 7) is 1.41. The Bertz CT molecular complexity index is 836. The van der Waals surface area contributed by atoms with Crippen molar-refractivity contribution in [2.75, 3.05) is 35.8 Å². The molecule has 0 amide bonds. The summed E-state index contributed by atoms with van der Waals surface area (Å²) >= 11 is 0. The van der Waals surface area contributed by atoms with Crippen LogP contribution in [0.2, 0.25) is 0 Å². The van der Waals surface area contributed by atoms with Crippen LogP contribution in [-0.2, 0) is 4.79 Å². The lowest BCUT2D eigenvalue weighted by Crippen LogP contribution is -2.37. The van der Waals surface area contributed by atoms with E-state index in [9.17, 15) is 4.79 Å². The van der Waals surface area contributed by atoms with Gasteiger partial charge in [0.25, 0.3) is 0 Å². The van der Waals surface area contributed by atoms with Gasteiger partial charge >= 0.3 is 5.97 Å². The number of carboxylic acids is 1. The number of piperidine rings is 1. The van der Waals surface area contributed by atoms with Crippen molar-refractivity contribution in [1.82, 2.24) is 9.97 Å². The van der Waals surface area contributed by atoms with E-state index in [-0.39, 0.29) is 12.7 Å². The van der Waals surface area contributed by atoms with Gasteiger partial charge in [0.15, 0.2) is 23.1 Å². The van der Waals surface area contributed by atoms with E-state index < -0.39 is 5.97 Å². The molecular weight excluding hydrogens is 338 g/mol. The highest BCUT2D eigenvalue weighted by Gasteiger charge is 2.26. The Kier molecular flexibility index (Phi) is 4.11. The normalized spacial score (nSPS) is 16.5. The summed E-state index contributed by atoms with van der Waals surface area (Å²) in [5, 5.41) is 12.3. The number of hydrogen-bond acceptors (Lipinski definition) is 8. The number of benzene rings is 1.